The molecule has 2 amide bonds. The Kier molecular flexibility index (Phi) is 4.09. The van der Waals surface area contributed by atoms with Crippen LogP contribution in [-0.2, 0) is 16.0 Å². The Hall–Kier alpha value is -1.88. The molecule has 1 aliphatic rings. The first kappa shape index (κ1) is 14.5. The number of nitrogens with one attached hydrogen (secondary N) is 1. The van der Waals surface area contributed by atoms with Crippen LogP contribution in [0.5, 0.6) is 0 Å². The summed E-state index contributed by atoms with van der Waals surface area (Å²) in [5.41, 5.74) is 8.56. The van der Waals surface area contributed by atoms with E-state index in [-0.39, 0.29) is 17.7 Å². The molecule has 0 spiro atoms. The zero-order chi connectivity index (χ0) is 14.9. The van der Waals surface area contributed by atoms with Crippen molar-refractivity contribution in [2.45, 2.75) is 33.2 Å². The van der Waals surface area contributed by atoms with Crippen molar-refractivity contribution in [3.8, 4) is 0 Å². The lowest BCUT2D eigenvalue weighted by Gasteiger charge is -2.17. The van der Waals surface area contributed by atoms with Crippen LogP contribution in [-0.4, -0.2) is 24.4 Å². The van der Waals surface area contributed by atoms with Crippen LogP contribution in [0.25, 0.3) is 0 Å². The first-order chi connectivity index (χ1) is 9.40. The SMILES string of the molecule is CC(=O)N1CCc2cc(NC(=O)[C@H](N)C(C)C)ccc21. The van der Waals surface area contributed by atoms with Gasteiger partial charge in [-0.3, -0.25) is 9.59 Å². The fraction of sp³-hybridized carbons (Fsp3) is 0.467. The minimum Gasteiger partial charge on any atom is -0.325 e. The second-order valence-electron chi connectivity index (χ2n) is 5.52. The number of carbonyl (C=O) groups is 2. The summed E-state index contributed by atoms with van der Waals surface area (Å²) < 4.78 is 0. The Labute approximate surface area is 119 Å². The monoisotopic (exact) mass is 275 g/mol. The van der Waals surface area contributed by atoms with Gasteiger partial charge in [0.15, 0.2) is 0 Å². The molecule has 0 radical (unpaired) electrons. The summed E-state index contributed by atoms with van der Waals surface area (Å²) in [6.45, 7) is 6.09. The lowest BCUT2D eigenvalue weighted by molar-refractivity contribution is -0.118. The molecule has 0 aliphatic carbocycles. The van der Waals surface area contributed by atoms with Crippen molar-refractivity contribution in [1.29, 1.82) is 0 Å². The first-order valence-corrected chi connectivity index (χ1v) is 6.87. The van der Waals surface area contributed by atoms with Gasteiger partial charge in [0.2, 0.25) is 11.8 Å². The van der Waals surface area contributed by atoms with Crippen molar-refractivity contribution in [2.75, 3.05) is 16.8 Å². The summed E-state index contributed by atoms with van der Waals surface area (Å²) in [4.78, 5) is 25.2. The van der Waals surface area contributed by atoms with E-state index >= 15 is 0 Å². The van der Waals surface area contributed by atoms with E-state index in [4.69, 9.17) is 5.73 Å². The third-order valence-electron chi connectivity index (χ3n) is 3.64. The molecular weight excluding hydrogens is 254 g/mol. The van der Waals surface area contributed by atoms with Crippen LogP contribution >= 0.6 is 0 Å². The second-order valence-corrected chi connectivity index (χ2v) is 5.52. The number of benzene rings is 1. The Bertz CT molecular complexity index is 540. The molecule has 5 nitrogen and oxygen atoms in total. The van der Waals surface area contributed by atoms with Gasteiger partial charge in [0.05, 0.1) is 6.04 Å². The highest BCUT2D eigenvalue weighted by atomic mass is 16.2. The summed E-state index contributed by atoms with van der Waals surface area (Å²) in [6, 6.07) is 5.09. The first-order valence-electron chi connectivity index (χ1n) is 6.87. The molecule has 0 aromatic heterocycles. The van der Waals surface area contributed by atoms with E-state index in [9.17, 15) is 9.59 Å². The molecule has 0 unspecified atom stereocenters. The molecule has 2 rings (SSSR count). The number of amides is 2. The molecule has 0 fully saturated rings. The smallest absolute Gasteiger partial charge is 0.241 e. The van der Waals surface area contributed by atoms with Gasteiger partial charge in [-0.1, -0.05) is 13.8 Å². The zero-order valence-electron chi connectivity index (χ0n) is 12.1. The van der Waals surface area contributed by atoms with Gasteiger partial charge in [0.25, 0.3) is 0 Å². The zero-order valence-corrected chi connectivity index (χ0v) is 12.1. The predicted octanol–water partition coefficient (Wildman–Crippen LogP) is 1.52. The van der Waals surface area contributed by atoms with Crippen LogP contribution in [0.4, 0.5) is 11.4 Å². The molecule has 3 N–H and O–H groups in total. The average Bonchev–Trinajstić information content (AvgIpc) is 2.80. The van der Waals surface area contributed by atoms with Crippen LogP contribution in [0.15, 0.2) is 18.2 Å². The Balaban J connectivity index is 2.13. The van der Waals surface area contributed by atoms with E-state index in [1.165, 1.54) is 0 Å². The number of hydrogen-bond donors (Lipinski definition) is 2. The highest BCUT2D eigenvalue weighted by Crippen LogP contribution is 2.30. The number of hydrogen-bond acceptors (Lipinski definition) is 3. The van der Waals surface area contributed by atoms with E-state index in [1.54, 1.807) is 11.8 Å². The third-order valence-corrected chi connectivity index (χ3v) is 3.64. The van der Waals surface area contributed by atoms with Crippen LogP contribution in [0.3, 0.4) is 0 Å². The van der Waals surface area contributed by atoms with Gasteiger partial charge in [-0.2, -0.15) is 0 Å². The van der Waals surface area contributed by atoms with E-state index in [2.05, 4.69) is 5.32 Å². The highest BCUT2D eigenvalue weighted by molar-refractivity contribution is 5.97. The molecule has 1 atom stereocenters. The van der Waals surface area contributed by atoms with Gasteiger partial charge in [-0.25, -0.2) is 0 Å². The largest absolute Gasteiger partial charge is 0.325 e. The molecule has 108 valence electrons. The van der Waals surface area contributed by atoms with Gasteiger partial charge in [0, 0.05) is 24.8 Å². The average molecular weight is 275 g/mol. The van der Waals surface area contributed by atoms with Crippen molar-refractivity contribution in [2.24, 2.45) is 11.7 Å². The number of nitrogens with two attached hydrogens (primary N) is 1. The van der Waals surface area contributed by atoms with Crippen molar-refractivity contribution in [3.63, 3.8) is 0 Å². The fourth-order valence-electron chi connectivity index (χ4n) is 2.33. The number of anilines is 2. The molecule has 1 aromatic rings. The van der Waals surface area contributed by atoms with Gasteiger partial charge in [0.1, 0.15) is 0 Å². The maximum absolute atomic E-state index is 11.9. The van der Waals surface area contributed by atoms with Crippen molar-refractivity contribution in [3.05, 3.63) is 23.8 Å². The molecule has 20 heavy (non-hydrogen) atoms. The van der Waals surface area contributed by atoms with Crippen molar-refractivity contribution >= 4 is 23.2 Å². The van der Waals surface area contributed by atoms with E-state index in [0.717, 1.165) is 23.4 Å². The second kappa shape index (κ2) is 5.63. The minimum atomic E-state index is -0.517. The Morgan fingerprint density at radius 2 is 2.05 bits per heavy atom. The van der Waals surface area contributed by atoms with E-state index in [0.29, 0.717) is 6.54 Å². The number of fused-ring (bicyclic) bond motifs is 1. The lowest BCUT2D eigenvalue weighted by Crippen LogP contribution is -2.39. The van der Waals surface area contributed by atoms with Crippen LogP contribution in [0, 0.1) is 5.92 Å². The van der Waals surface area contributed by atoms with Crippen LogP contribution in [0.2, 0.25) is 0 Å². The molecule has 5 heteroatoms. The summed E-state index contributed by atoms with van der Waals surface area (Å²) >= 11 is 0. The summed E-state index contributed by atoms with van der Waals surface area (Å²) in [5.74, 6) is -0.0404. The lowest BCUT2D eigenvalue weighted by atomic mass is 10.0. The van der Waals surface area contributed by atoms with Crippen LogP contribution in [0.1, 0.15) is 26.3 Å². The van der Waals surface area contributed by atoms with Crippen LogP contribution < -0.4 is 16.0 Å². The van der Waals surface area contributed by atoms with Gasteiger partial charge < -0.3 is 16.0 Å². The molecule has 1 aliphatic heterocycles. The maximum atomic E-state index is 11.9. The Morgan fingerprint density at radius 3 is 2.65 bits per heavy atom. The van der Waals surface area contributed by atoms with Crippen molar-refractivity contribution in [1.82, 2.24) is 0 Å². The third kappa shape index (κ3) is 2.82. The van der Waals surface area contributed by atoms with E-state index in [1.807, 2.05) is 32.0 Å². The molecule has 0 saturated heterocycles. The normalized spacial score (nSPS) is 15.2. The summed E-state index contributed by atoms with van der Waals surface area (Å²) in [5, 5.41) is 2.83. The fourth-order valence-corrected chi connectivity index (χ4v) is 2.33. The van der Waals surface area contributed by atoms with Gasteiger partial charge in [-0.15, -0.1) is 0 Å². The van der Waals surface area contributed by atoms with Crippen molar-refractivity contribution < 1.29 is 9.59 Å². The van der Waals surface area contributed by atoms with Gasteiger partial charge in [-0.05, 0) is 36.1 Å². The molecule has 1 heterocycles. The van der Waals surface area contributed by atoms with Gasteiger partial charge >= 0.3 is 0 Å². The Morgan fingerprint density at radius 1 is 1.35 bits per heavy atom. The number of rotatable bonds is 3. The number of carbonyl (C=O) groups excluding carboxylic acids is 2. The molecule has 1 aromatic carbocycles. The minimum absolute atomic E-state index is 0.0439. The topological polar surface area (TPSA) is 75.4 Å². The molecular formula is C15H21N3O2. The predicted molar refractivity (Wildman–Crippen MR) is 79.6 cm³/mol. The number of nitrogens with zero attached hydrogens (tertiary/aromatic N) is 1. The maximum Gasteiger partial charge on any atom is 0.241 e. The molecule has 0 bridgehead atoms. The highest BCUT2D eigenvalue weighted by Gasteiger charge is 2.23. The molecule has 0 saturated carbocycles. The van der Waals surface area contributed by atoms with E-state index < -0.39 is 6.04 Å². The summed E-state index contributed by atoms with van der Waals surface area (Å²) in [6.07, 6.45) is 0.814. The standard InChI is InChI=1S/C15H21N3O2/c1-9(2)14(16)15(20)17-12-4-5-13-11(8-12)6-7-18(13)10(3)19/h4-5,8-9,14H,6-7,16H2,1-3H3,(H,17,20)/t14-/m1/s1. The quantitative estimate of drug-likeness (QED) is 0.878. The summed E-state index contributed by atoms with van der Waals surface area (Å²) in [7, 11) is 0.